The summed E-state index contributed by atoms with van der Waals surface area (Å²) in [7, 11) is 0. The fraction of sp³-hybridized carbons (Fsp3) is 0.370. The molecule has 2 atom stereocenters. The number of hydrogen-bond donors (Lipinski definition) is 2. The van der Waals surface area contributed by atoms with Gasteiger partial charge in [0.25, 0.3) is 0 Å². The maximum Gasteiger partial charge on any atom is 0.407 e. The standard InChI is InChI=1S/C27H33N3O4S/c1-20(2)34-27(32)30-24(16-22-11-7-4-8-12-22)14-13-23(15-21-9-5-3-6-10-21)29-26(31)33-18-25-17-28-19-35-25/h3-12,17,19-20,23-24H,13-16,18H2,1-2H3,(H,29,31)(H,30,32)/t23-,24+/m1/s1. The molecule has 0 bridgehead atoms. The number of ether oxygens (including phenoxy) is 2. The lowest BCUT2D eigenvalue weighted by Gasteiger charge is -2.24. The summed E-state index contributed by atoms with van der Waals surface area (Å²) in [6, 6.07) is 19.7. The van der Waals surface area contributed by atoms with E-state index in [1.165, 1.54) is 11.3 Å². The molecule has 8 heteroatoms. The molecule has 3 rings (SSSR count). The van der Waals surface area contributed by atoms with Gasteiger partial charge in [-0.2, -0.15) is 0 Å². The number of nitrogens with zero attached hydrogens (tertiary/aromatic N) is 1. The van der Waals surface area contributed by atoms with Crippen molar-refractivity contribution in [3.63, 3.8) is 0 Å². The minimum Gasteiger partial charge on any atom is -0.447 e. The number of amides is 2. The highest BCUT2D eigenvalue weighted by atomic mass is 32.1. The van der Waals surface area contributed by atoms with Gasteiger partial charge < -0.3 is 20.1 Å². The van der Waals surface area contributed by atoms with E-state index in [-0.39, 0.29) is 24.8 Å². The predicted molar refractivity (Wildman–Crippen MR) is 137 cm³/mol. The van der Waals surface area contributed by atoms with Crippen molar-refractivity contribution in [3.8, 4) is 0 Å². The van der Waals surface area contributed by atoms with Gasteiger partial charge in [0.1, 0.15) is 6.61 Å². The Morgan fingerprint density at radius 3 is 1.89 bits per heavy atom. The van der Waals surface area contributed by atoms with Gasteiger partial charge in [-0.1, -0.05) is 60.7 Å². The van der Waals surface area contributed by atoms with Crippen LogP contribution in [0.2, 0.25) is 0 Å². The number of alkyl carbamates (subject to hydrolysis) is 2. The number of carbonyl (C=O) groups is 2. The highest BCUT2D eigenvalue weighted by Crippen LogP contribution is 2.14. The lowest BCUT2D eigenvalue weighted by molar-refractivity contribution is 0.111. The summed E-state index contributed by atoms with van der Waals surface area (Å²) in [5.41, 5.74) is 3.95. The molecular weight excluding hydrogens is 462 g/mol. The average Bonchev–Trinajstić information content (AvgIpc) is 3.36. The van der Waals surface area contributed by atoms with Crippen molar-refractivity contribution in [2.45, 2.75) is 64.3 Å². The fourth-order valence-electron chi connectivity index (χ4n) is 3.72. The molecule has 2 aromatic carbocycles. The molecule has 2 N–H and O–H groups in total. The van der Waals surface area contributed by atoms with Gasteiger partial charge in [-0.25, -0.2) is 9.59 Å². The molecule has 7 nitrogen and oxygen atoms in total. The summed E-state index contributed by atoms with van der Waals surface area (Å²) < 4.78 is 10.7. The Labute approximate surface area is 210 Å². The third kappa shape index (κ3) is 10.2. The highest BCUT2D eigenvalue weighted by molar-refractivity contribution is 7.09. The van der Waals surface area contributed by atoms with Gasteiger partial charge in [0.05, 0.1) is 16.5 Å². The smallest absolute Gasteiger partial charge is 0.407 e. The number of rotatable bonds is 12. The Hall–Kier alpha value is -3.39. The molecule has 0 radical (unpaired) electrons. The van der Waals surface area contributed by atoms with E-state index in [4.69, 9.17) is 9.47 Å². The van der Waals surface area contributed by atoms with Crippen molar-refractivity contribution >= 4 is 23.5 Å². The van der Waals surface area contributed by atoms with E-state index < -0.39 is 12.2 Å². The largest absolute Gasteiger partial charge is 0.447 e. The Balaban J connectivity index is 1.64. The molecule has 0 spiro atoms. The van der Waals surface area contributed by atoms with E-state index in [1.54, 1.807) is 11.7 Å². The van der Waals surface area contributed by atoms with Crippen LogP contribution in [0.3, 0.4) is 0 Å². The highest BCUT2D eigenvalue weighted by Gasteiger charge is 2.20. The fourth-order valence-corrected chi connectivity index (χ4v) is 4.23. The average molecular weight is 496 g/mol. The molecule has 3 aromatic rings. The number of carbonyl (C=O) groups excluding carboxylic acids is 2. The molecule has 35 heavy (non-hydrogen) atoms. The maximum atomic E-state index is 12.5. The summed E-state index contributed by atoms with van der Waals surface area (Å²) >= 11 is 1.44. The number of nitrogens with one attached hydrogen (secondary N) is 2. The number of aromatic nitrogens is 1. The second-order valence-electron chi connectivity index (χ2n) is 8.64. The van der Waals surface area contributed by atoms with Crippen molar-refractivity contribution in [2.75, 3.05) is 0 Å². The van der Waals surface area contributed by atoms with Crippen LogP contribution in [-0.4, -0.2) is 35.4 Å². The molecule has 0 aliphatic rings. The summed E-state index contributed by atoms with van der Waals surface area (Å²) in [5, 5.41) is 6.01. The summed E-state index contributed by atoms with van der Waals surface area (Å²) in [5.74, 6) is 0. The van der Waals surface area contributed by atoms with Crippen molar-refractivity contribution in [3.05, 3.63) is 88.4 Å². The second-order valence-corrected chi connectivity index (χ2v) is 9.61. The first kappa shape index (κ1) is 26.2. The zero-order valence-corrected chi connectivity index (χ0v) is 21.0. The molecule has 0 saturated heterocycles. The molecule has 0 aliphatic heterocycles. The summed E-state index contributed by atoms with van der Waals surface area (Å²) in [6.45, 7) is 3.83. The Morgan fingerprint density at radius 1 is 0.857 bits per heavy atom. The van der Waals surface area contributed by atoms with Gasteiger partial charge in [-0.3, -0.25) is 4.98 Å². The normalized spacial score (nSPS) is 12.5. The van der Waals surface area contributed by atoms with Crippen molar-refractivity contribution in [1.82, 2.24) is 15.6 Å². The van der Waals surface area contributed by atoms with E-state index in [1.807, 2.05) is 74.5 Å². The molecule has 0 aliphatic carbocycles. The van der Waals surface area contributed by atoms with E-state index in [0.717, 1.165) is 16.0 Å². The first-order valence-corrected chi connectivity index (χ1v) is 12.7. The van der Waals surface area contributed by atoms with Gasteiger partial charge in [-0.05, 0) is 50.7 Å². The Morgan fingerprint density at radius 2 is 1.40 bits per heavy atom. The summed E-state index contributed by atoms with van der Waals surface area (Å²) in [6.07, 6.45) is 3.23. The molecule has 0 saturated carbocycles. The van der Waals surface area contributed by atoms with Gasteiger partial charge >= 0.3 is 12.2 Å². The molecule has 2 amide bonds. The monoisotopic (exact) mass is 495 g/mol. The Bertz CT molecular complexity index is 1010. The van der Waals surface area contributed by atoms with Crippen LogP contribution < -0.4 is 10.6 Å². The first-order valence-electron chi connectivity index (χ1n) is 11.8. The van der Waals surface area contributed by atoms with Crippen molar-refractivity contribution in [1.29, 1.82) is 0 Å². The lowest BCUT2D eigenvalue weighted by Crippen LogP contribution is -2.41. The minimum atomic E-state index is -0.467. The van der Waals surface area contributed by atoms with Crippen LogP contribution in [-0.2, 0) is 28.9 Å². The molecular formula is C27H33N3O4S. The third-order valence-electron chi connectivity index (χ3n) is 5.33. The van der Waals surface area contributed by atoms with Crippen molar-refractivity contribution in [2.24, 2.45) is 0 Å². The van der Waals surface area contributed by atoms with Gasteiger partial charge in [-0.15, -0.1) is 11.3 Å². The third-order valence-corrected chi connectivity index (χ3v) is 6.08. The molecule has 186 valence electrons. The van der Waals surface area contributed by atoms with Crippen molar-refractivity contribution < 1.29 is 19.1 Å². The zero-order chi connectivity index (χ0) is 24.9. The van der Waals surface area contributed by atoms with Crippen LogP contribution in [0.15, 0.2) is 72.4 Å². The van der Waals surface area contributed by atoms with E-state index in [2.05, 4.69) is 15.6 Å². The van der Waals surface area contributed by atoms with Crippen LogP contribution in [0.25, 0.3) is 0 Å². The van der Waals surface area contributed by atoms with E-state index in [9.17, 15) is 9.59 Å². The van der Waals surface area contributed by atoms with E-state index in [0.29, 0.717) is 25.7 Å². The molecule has 1 aromatic heterocycles. The minimum absolute atomic E-state index is 0.142. The molecule has 0 unspecified atom stereocenters. The zero-order valence-electron chi connectivity index (χ0n) is 20.2. The van der Waals surface area contributed by atoms with Gasteiger partial charge in [0.15, 0.2) is 0 Å². The van der Waals surface area contributed by atoms with Gasteiger partial charge in [0, 0.05) is 18.3 Å². The van der Waals surface area contributed by atoms with Crippen LogP contribution in [0.4, 0.5) is 9.59 Å². The maximum absolute atomic E-state index is 12.5. The number of thiazole rings is 1. The van der Waals surface area contributed by atoms with E-state index >= 15 is 0 Å². The lowest BCUT2D eigenvalue weighted by atomic mass is 9.96. The molecule has 0 fully saturated rings. The quantitative estimate of drug-likeness (QED) is 0.346. The SMILES string of the molecule is CC(C)OC(=O)N[C@@H](CC[C@H](Cc1ccccc1)NC(=O)OCc1cncs1)Cc1ccccc1. The van der Waals surface area contributed by atoms with Crippen LogP contribution in [0.1, 0.15) is 42.7 Å². The Kier molecular flexibility index (Phi) is 10.6. The predicted octanol–water partition coefficient (Wildman–Crippen LogP) is 5.51. The van der Waals surface area contributed by atoms with Crippen LogP contribution in [0, 0.1) is 0 Å². The van der Waals surface area contributed by atoms with Gasteiger partial charge in [0.2, 0.25) is 0 Å². The number of benzene rings is 2. The van der Waals surface area contributed by atoms with Crippen LogP contribution in [0.5, 0.6) is 0 Å². The topological polar surface area (TPSA) is 89.6 Å². The van der Waals surface area contributed by atoms with Crippen LogP contribution >= 0.6 is 11.3 Å². The first-order chi connectivity index (χ1) is 17.0. The summed E-state index contributed by atoms with van der Waals surface area (Å²) in [4.78, 5) is 29.8. The molecule has 1 heterocycles. The number of hydrogen-bond acceptors (Lipinski definition) is 6. The second kappa shape index (κ2) is 14.1.